The van der Waals surface area contributed by atoms with E-state index in [2.05, 4.69) is 20.9 Å². The van der Waals surface area contributed by atoms with Gasteiger partial charge < -0.3 is 9.84 Å². The molecule has 0 aliphatic heterocycles. The minimum Gasteiger partial charge on any atom is -0.496 e. The topological polar surface area (TPSA) is 58.9 Å². The van der Waals surface area contributed by atoms with E-state index in [1.807, 2.05) is 18.2 Å². The van der Waals surface area contributed by atoms with Crippen LogP contribution in [-0.2, 0) is 0 Å². The van der Waals surface area contributed by atoms with Gasteiger partial charge in [-0.1, -0.05) is 6.07 Å². The SMILES string of the molecule is COc1ccc(C=Nc2cccc(C(=O)O)c2)cc1Br. The zero-order chi connectivity index (χ0) is 14.5. The quantitative estimate of drug-likeness (QED) is 0.863. The normalized spacial score (nSPS) is 10.7. The van der Waals surface area contributed by atoms with Gasteiger partial charge in [0.1, 0.15) is 5.75 Å². The maximum atomic E-state index is 10.9. The molecule has 0 bridgehead atoms. The second-order valence-electron chi connectivity index (χ2n) is 4.01. The smallest absolute Gasteiger partial charge is 0.335 e. The number of carboxylic acid groups (broad SMARTS) is 1. The zero-order valence-corrected chi connectivity index (χ0v) is 12.3. The molecule has 0 aliphatic carbocycles. The number of nitrogens with zero attached hydrogens (tertiary/aromatic N) is 1. The number of halogens is 1. The lowest BCUT2D eigenvalue weighted by Gasteiger charge is -2.03. The van der Waals surface area contributed by atoms with Crippen molar-refractivity contribution in [3.05, 3.63) is 58.1 Å². The van der Waals surface area contributed by atoms with Crippen molar-refractivity contribution < 1.29 is 14.6 Å². The Hall–Kier alpha value is -2.14. The standard InChI is InChI=1S/C15H12BrNO3/c1-20-14-6-5-10(7-13(14)16)9-17-12-4-2-3-11(8-12)15(18)19/h2-9H,1H3,(H,18,19). The third-order valence-corrected chi connectivity index (χ3v) is 3.25. The number of hydrogen-bond donors (Lipinski definition) is 1. The summed E-state index contributed by atoms with van der Waals surface area (Å²) in [5.74, 6) is -0.218. The van der Waals surface area contributed by atoms with Crippen LogP contribution < -0.4 is 4.74 Å². The van der Waals surface area contributed by atoms with Crippen LogP contribution in [0.1, 0.15) is 15.9 Å². The van der Waals surface area contributed by atoms with Crippen LogP contribution in [-0.4, -0.2) is 24.4 Å². The first-order valence-corrected chi connectivity index (χ1v) is 6.60. The van der Waals surface area contributed by atoms with Gasteiger partial charge in [-0.15, -0.1) is 0 Å². The van der Waals surface area contributed by atoms with Gasteiger partial charge in [0, 0.05) is 6.21 Å². The lowest BCUT2D eigenvalue weighted by atomic mass is 10.2. The Morgan fingerprint density at radius 1 is 1.30 bits per heavy atom. The predicted octanol–water partition coefficient (Wildman–Crippen LogP) is 3.91. The molecule has 1 N–H and O–H groups in total. The van der Waals surface area contributed by atoms with Crippen LogP contribution in [0.2, 0.25) is 0 Å². The average molecular weight is 334 g/mol. The van der Waals surface area contributed by atoms with Crippen molar-refractivity contribution in [1.82, 2.24) is 0 Å². The van der Waals surface area contributed by atoms with Gasteiger partial charge in [0.2, 0.25) is 0 Å². The molecule has 0 heterocycles. The van der Waals surface area contributed by atoms with Gasteiger partial charge in [0.25, 0.3) is 0 Å². The molecule has 4 nitrogen and oxygen atoms in total. The molecule has 2 aromatic carbocycles. The highest BCUT2D eigenvalue weighted by Gasteiger charge is 2.02. The second-order valence-corrected chi connectivity index (χ2v) is 4.86. The molecule has 2 aromatic rings. The summed E-state index contributed by atoms with van der Waals surface area (Å²) < 4.78 is 5.98. The van der Waals surface area contributed by atoms with E-state index < -0.39 is 5.97 Å². The highest BCUT2D eigenvalue weighted by Crippen LogP contribution is 2.25. The fraction of sp³-hybridized carbons (Fsp3) is 0.0667. The molecule has 5 heteroatoms. The van der Waals surface area contributed by atoms with E-state index in [1.54, 1.807) is 25.5 Å². The fourth-order valence-corrected chi connectivity index (χ4v) is 2.19. The molecule has 0 saturated carbocycles. The number of hydrogen-bond acceptors (Lipinski definition) is 3. The Balaban J connectivity index is 2.23. The van der Waals surface area contributed by atoms with Crippen molar-refractivity contribution in [3.8, 4) is 5.75 Å². The number of carboxylic acids is 1. The van der Waals surface area contributed by atoms with Crippen molar-refractivity contribution in [1.29, 1.82) is 0 Å². The predicted molar refractivity (Wildman–Crippen MR) is 81.3 cm³/mol. The van der Waals surface area contributed by atoms with Crippen LogP contribution in [0.15, 0.2) is 51.9 Å². The monoisotopic (exact) mass is 333 g/mol. The van der Waals surface area contributed by atoms with E-state index in [0.29, 0.717) is 5.69 Å². The molecular formula is C15H12BrNO3. The maximum Gasteiger partial charge on any atom is 0.335 e. The summed E-state index contributed by atoms with van der Waals surface area (Å²) in [7, 11) is 1.60. The number of rotatable bonds is 4. The first-order chi connectivity index (χ1) is 9.60. The molecule has 0 aromatic heterocycles. The molecule has 0 saturated heterocycles. The highest BCUT2D eigenvalue weighted by atomic mass is 79.9. The first kappa shape index (κ1) is 14.3. The summed E-state index contributed by atoms with van der Waals surface area (Å²) in [5.41, 5.74) is 1.70. The minimum absolute atomic E-state index is 0.218. The van der Waals surface area contributed by atoms with E-state index in [1.165, 1.54) is 12.1 Å². The van der Waals surface area contributed by atoms with Gasteiger partial charge >= 0.3 is 5.97 Å². The van der Waals surface area contributed by atoms with Gasteiger partial charge in [-0.25, -0.2) is 4.79 Å². The number of aromatic carboxylic acids is 1. The van der Waals surface area contributed by atoms with Gasteiger partial charge in [0.15, 0.2) is 0 Å². The summed E-state index contributed by atoms with van der Waals surface area (Å²) >= 11 is 3.40. The van der Waals surface area contributed by atoms with Crippen molar-refractivity contribution in [2.75, 3.05) is 7.11 Å². The summed E-state index contributed by atoms with van der Waals surface area (Å²) in [5, 5.41) is 8.92. The average Bonchev–Trinajstić information content (AvgIpc) is 2.45. The molecule has 0 aliphatic rings. The Morgan fingerprint density at radius 3 is 2.75 bits per heavy atom. The molecule has 0 amide bonds. The number of benzene rings is 2. The largest absolute Gasteiger partial charge is 0.496 e. The number of carbonyl (C=O) groups is 1. The van der Waals surface area contributed by atoms with Crippen molar-refractivity contribution in [2.45, 2.75) is 0 Å². The Labute approximate surface area is 124 Å². The second kappa shape index (κ2) is 6.34. The molecule has 0 spiro atoms. The molecule has 102 valence electrons. The van der Waals surface area contributed by atoms with Gasteiger partial charge in [-0.3, -0.25) is 4.99 Å². The van der Waals surface area contributed by atoms with Gasteiger partial charge in [0.05, 0.1) is 22.8 Å². The number of aliphatic imine (C=N–C) groups is 1. The Morgan fingerprint density at radius 2 is 2.10 bits per heavy atom. The lowest BCUT2D eigenvalue weighted by molar-refractivity contribution is 0.0697. The van der Waals surface area contributed by atoms with Crippen molar-refractivity contribution in [3.63, 3.8) is 0 Å². The van der Waals surface area contributed by atoms with E-state index in [0.717, 1.165) is 15.8 Å². The van der Waals surface area contributed by atoms with Gasteiger partial charge in [-0.2, -0.15) is 0 Å². The molecule has 0 unspecified atom stereocenters. The van der Waals surface area contributed by atoms with Crippen LogP contribution in [0.3, 0.4) is 0 Å². The van der Waals surface area contributed by atoms with Crippen LogP contribution >= 0.6 is 15.9 Å². The molecule has 0 fully saturated rings. The minimum atomic E-state index is -0.964. The molecule has 20 heavy (non-hydrogen) atoms. The van der Waals surface area contributed by atoms with E-state index >= 15 is 0 Å². The van der Waals surface area contributed by atoms with Crippen LogP contribution in [0.5, 0.6) is 5.75 Å². The molecule has 2 rings (SSSR count). The van der Waals surface area contributed by atoms with E-state index in [9.17, 15) is 4.79 Å². The molecule has 0 atom stereocenters. The zero-order valence-electron chi connectivity index (χ0n) is 10.7. The Kier molecular flexibility index (Phi) is 4.53. The van der Waals surface area contributed by atoms with Gasteiger partial charge in [-0.05, 0) is 57.9 Å². The summed E-state index contributed by atoms with van der Waals surface area (Å²) in [6, 6.07) is 12.1. The number of ether oxygens (including phenoxy) is 1. The number of methoxy groups -OCH3 is 1. The molecule has 0 radical (unpaired) electrons. The summed E-state index contributed by atoms with van der Waals surface area (Å²) in [4.78, 5) is 15.1. The first-order valence-electron chi connectivity index (χ1n) is 5.81. The third-order valence-electron chi connectivity index (χ3n) is 2.63. The maximum absolute atomic E-state index is 10.9. The Bertz CT molecular complexity index is 668. The van der Waals surface area contributed by atoms with Crippen LogP contribution in [0.4, 0.5) is 5.69 Å². The van der Waals surface area contributed by atoms with E-state index in [-0.39, 0.29) is 5.56 Å². The fourth-order valence-electron chi connectivity index (χ4n) is 1.63. The highest BCUT2D eigenvalue weighted by molar-refractivity contribution is 9.10. The van der Waals surface area contributed by atoms with Crippen molar-refractivity contribution >= 4 is 33.8 Å². The van der Waals surface area contributed by atoms with Crippen LogP contribution in [0, 0.1) is 0 Å². The summed E-state index contributed by atoms with van der Waals surface area (Å²) in [6.45, 7) is 0. The van der Waals surface area contributed by atoms with E-state index in [4.69, 9.17) is 9.84 Å². The third kappa shape index (κ3) is 3.45. The lowest BCUT2D eigenvalue weighted by Crippen LogP contribution is -1.94. The van der Waals surface area contributed by atoms with Crippen LogP contribution in [0.25, 0.3) is 0 Å². The summed E-state index contributed by atoms with van der Waals surface area (Å²) in [6.07, 6.45) is 1.67. The molecular weight excluding hydrogens is 322 g/mol. The van der Waals surface area contributed by atoms with Crippen molar-refractivity contribution in [2.24, 2.45) is 4.99 Å².